The Morgan fingerprint density at radius 2 is 1.83 bits per heavy atom. The van der Waals surface area contributed by atoms with Crippen LogP contribution in [0.2, 0.25) is 0 Å². The third-order valence-corrected chi connectivity index (χ3v) is 5.57. The summed E-state index contributed by atoms with van der Waals surface area (Å²) in [6.07, 6.45) is 2.54. The molecule has 0 aliphatic carbocycles. The van der Waals surface area contributed by atoms with Gasteiger partial charge in [0.25, 0.3) is 0 Å². The highest BCUT2D eigenvalue weighted by Crippen LogP contribution is 2.39. The first-order valence-corrected chi connectivity index (χ1v) is 10.0. The zero-order valence-corrected chi connectivity index (χ0v) is 20.1. The lowest BCUT2D eigenvalue weighted by molar-refractivity contribution is 0.322. The van der Waals surface area contributed by atoms with E-state index in [0.717, 1.165) is 36.9 Å². The third-order valence-electron chi connectivity index (χ3n) is 4.73. The molecule has 0 bridgehead atoms. The Kier molecular flexibility index (Phi) is 9.08. The highest BCUT2D eigenvalue weighted by molar-refractivity contribution is 14.0. The van der Waals surface area contributed by atoms with E-state index in [0.29, 0.717) is 36.2 Å². The number of piperazine rings is 1. The van der Waals surface area contributed by atoms with Gasteiger partial charge in [-0.15, -0.1) is 35.3 Å². The Labute approximate surface area is 192 Å². The molecule has 0 radical (unpaired) electrons. The van der Waals surface area contributed by atoms with Crippen molar-refractivity contribution in [2.24, 2.45) is 10.7 Å². The lowest BCUT2D eigenvalue weighted by Crippen LogP contribution is -2.51. The molecule has 0 saturated carbocycles. The summed E-state index contributed by atoms with van der Waals surface area (Å²) in [5, 5.41) is 3.07. The molecule has 29 heavy (non-hydrogen) atoms. The van der Waals surface area contributed by atoms with E-state index < -0.39 is 0 Å². The molecule has 1 saturated heterocycles. The van der Waals surface area contributed by atoms with Crippen molar-refractivity contribution < 1.29 is 14.2 Å². The van der Waals surface area contributed by atoms with E-state index in [1.54, 1.807) is 32.7 Å². The molecule has 1 aliphatic heterocycles. The molecule has 1 fully saturated rings. The number of ether oxygens (including phenoxy) is 3. The number of rotatable bonds is 7. The zero-order chi connectivity index (χ0) is 19.9. The van der Waals surface area contributed by atoms with Crippen LogP contribution in [0.5, 0.6) is 17.2 Å². The number of anilines is 1. The van der Waals surface area contributed by atoms with Gasteiger partial charge in [0, 0.05) is 49.9 Å². The van der Waals surface area contributed by atoms with E-state index in [-0.39, 0.29) is 24.0 Å². The van der Waals surface area contributed by atoms with Gasteiger partial charge in [-0.1, -0.05) is 6.07 Å². The van der Waals surface area contributed by atoms with E-state index in [1.807, 2.05) is 23.7 Å². The lowest BCUT2D eigenvalue weighted by atomic mass is 10.1. The Balaban J connectivity index is 0.00000300. The zero-order valence-electron chi connectivity index (χ0n) is 17.0. The number of hydrogen-bond donors (Lipinski definition) is 1. The molecule has 1 aliphatic rings. The van der Waals surface area contributed by atoms with Crippen LogP contribution in [0.1, 0.15) is 5.56 Å². The van der Waals surface area contributed by atoms with Gasteiger partial charge in [0.1, 0.15) is 0 Å². The molecule has 0 unspecified atom stereocenters. The molecule has 0 amide bonds. The van der Waals surface area contributed by atoms with Crippen LogP contribution in [0.25, 0.3) is 0 Å². The summed E-state index contributed by atoms with van der Waals surface area (Å²) in [6.45, 7) is 4.05. The summed E-state index contributed by atoms with van der Waals surface area (Å²) in [5.41, 5.74) is 7.22. The predicted molar refractivity (Wildman–Crippen MR) is 128 cm³/mol. The number of aliphatic imine (C=N–C) groups is 1. The first-order valence-electron chi connectivity index (χ1n) is 9.15. The second-order valence-corrected chi connectivity index (χ2v) is 7.15. The predicted octanol–water partition coefficient (Wildman–Crippen LogP) is 2.47. The maximum atomic E-state index is 6.22. The largest absolute Gasteiger partial charge is 0.493 e. The Hall–Kier alpha value is -1.95. The average Bonchev–Trinajstić information content (AvgIpc) is 3.28. The molecule has 3 rings (SSSR count). The van der Waals surface area contributed by atoms with Crippen molar-refractivity contribution in [2.75, 3.05) is 59.0 Å². The number of guanidine groups is 1. The maximum Gasteiger partial charge on any atom is 0.203 e. The summed E-state index contributed by atoms with van der Waals surface area (Å²) in [5.74, 6) is 2.49. The molecule has 8 nitrogen and oxygen atoms in total. The Morgan fingerprint density at radius 1 is 1.10 bits per heavy atom. The highest BCUT2D eigenvalue weighted by Gasteiger charge is 2.20. The van der Waals surface area contributed by atoms with Crippen molar-refractivity contribution in [1.29, 1.82) is 0 Å². The summed E-state index contributed by atoms with van der Waals surface area (Å²) in [4.78, 5) is 13.3. The van der Waals surface area contributed by atoms with Crippen LogP contribution in [-0.4, -0.2) is 69.9 Å². The van der Waals surface area contributed by atoms with Crippen LogP contribution in [0.4, 0.5) is 5.13 Å². The topological polar surface area (TPSA) is 85.4 Å². The van der Waals surface area contributed by atoms with E-state index in [2.05, 4.69) is 19.8 Å². The highest BCUT2D eigenvalue weighted by atomic mass is 127. The molecule has 160 valence electrons. The van der Waals surface area contributed by atoms with Crippen molar-refractivity contribution in [1.82, 2.24) is 9.88 Å². The molecule has 2 N–H and O–H groups in total. The number of nitrogens with two attached hydrogens (primary N) is 1. The molecular formula is C19H28IN5O3S. The number of nitrogens with zero attached hydrogens (tertiary/aromatic N) is 4. The van der Waals surface area contributed by atoms with Crippen LogP contribution in [0.3, 0.4) is 0 Å². The van der Waals surface area contributed by atoms with Crippen molar-refractivity contribution in [3.8, 4) is 17.2 Å². The molecule has 2 heterocycles. The standard InChI is InChI=1S/C19H27N5O3S.HI/c1-25-15-5-4-14(16(26-2)17(15)27-3)6-7-21-18(20)23-9-11-24(12-10-23)19-22-8-13-28-19;/h4-5,8,13H,6-7,9-12H2,1-3H3,(H2,20,21);1H. The molecule has 0 atom stereocenters. The Bertz CT molecular complexity index is 795. The van der Waals surface area contributed by atoms with Crippen LogP contribution < -0.4 is 24.8 Å². The minimum atomic E-state index is 0. The second kappa shape index (κ2) is 11.3. The van der Waals surface area contributed by atoms with Gasteiger partial charge < -0.3 is 29.7 Å². The number of benzene rings is 1. The molecular weight excluding hydrogens is 505 g/mol. The van der Waals surface area contributed by atoms with Crippen LogP contribution in [0.15, 0.2) is 28.7 Å². The normalized spacial score (nSPS) is 14.4. The summed E-state index contributed by atoms with van der Waals surface area (Å²) in [7, 11) is 4.84. The van der Waals surface area contributed by atoms with E-state index in [9.17, 15) is 0 Å². The number of aromatic nitrogens is 1. The van der Waals surface area contributed by atoms with E-state index >= 15 is 0 Å². The van der Waals surface area contributed by atoms with Gasteiger partial charge >= 0.3 is 0 Å². The van der Waals surface area contributed by atoms with Crippen LogP contribution in [0, 0.1) is 0 Å². The number of thiazole rings is 1. The summed E-state index contributed by atoms with van der Waals surface area (Å²) >= 11 is 1.66. The first-order chi connectivity index (χ1) is 13.7. The first kappa shape index (κ1) is 23.3. The molecule has 2 aromatic rings. The average molecular weight is 533 g/mol. The molecule has 0 spiro atoms. The van der Waals surface area contributed by atoms with Crippen molar-refractivity contribution in [2.45, 2.75) is 6.42 Å². The van der Waals surface area contributed by atoms with Crippen molar-refractivity contribution in [3.63, 3.8) is 0 Å². The molecule has 1 aromatic carbocycles. The smallest absolute Gasteiger partial charge is 0.203 e. The van der Waals surface area contributed by atoms with Crippen molar-refractivity contribution in [3.05, 3.63) is 29.3 Å². The summed E-state index contributed by atoms with van der Waals surface area (Å²) in [6, 6.07) is 3.85. The van der Waals surface area contributed by atoms with Crippen LogP contribution >= 0.6 is 35.3 Å². The van der Waals surface area contributed by atoms with Gasteiger partial charge in [-0.05, 0) is 12.5 Å². The van der Waals surface area contributed by atoms with E-state index in [1.165, 1.54) is 0 Å². The quantitative estimate of drug-likeness (QED) is 0.333. The van der Waals surface area contributed by atoms with Gasteiger partial charge in [0.15, 0.2) is 22.6 Å². The van der Waals surface area contributed by atoms with Gasteiger partial charge in [-0.2, -0.15) is 0 Å². The van der Waals surface area contributed by atoms with Gasteiger partial charge in [0.05, 0.1) is 21.3 Å². The fourth-order valence-electron chi connectivity index (χ4n) is 3.25. The number of halogens is 1. The number of hydrogen-bond acceptors (Lipinski definition) is 7. The van der Waals surface area contributed by atoms with Gasteiger partial charge in [-0.3, -0.25) is 4.99 Å². The second-order valence-electron chi connectivity index (χ2n) is 6.27. The van der Waals surface area contributed by atoms with E-state index in [4.69, 9.17) is 19.9 Å². The summed E-state index contributed by atoms with van der Waals surface area (Å²) < 4.78 is 16.3. The minimum Gasteiger partial charge on any atom is -0.493 e. The van der Waals surface area contributed by atoms with Crippen molar-refractivity contribution >= 4 is 46.4 Å². The van der Waals surface area contributed by atoms with Gasteiger partial charge in [0.2, 0.25) is 5.75 Å². The maximum absolute atomic E-state index is 6.22. The monoisotopic (exact) mass is 533 g/mol. The Morgan fingerprint density at radius 3 is 2.41 bits per heavy atom. The number of methoxy groups -OCH3 is 3. The van der Waals surface area contributed by atoms with Gasteiger partial charge in [-0.25, -0.2) is 4.98 Å². The fourth-order valence-corrected chi connectivity index (χ4v) is 3.95. The SMILES string of the molecule is COc1ccc(CCN=C(N)N2CCN(c3nccs3)CC2)c(OC)c1OC.I. The fraction of sp³-hybridized carbons (Fsp3) is 0.474. The minimum absolute atomic E-state index is 0. The van der Waals surface area contributed by atoms with Crippen LogP contribution in [-0.2, 0) is 6.42 Å². The lowest BCUT2D eigenvalue weighted by Gasteiger charge is -2.35. The third kappa shape index (κ3) is 5.56. The molecule has 1 aromatic heterocycles. The molecule has 10 heteroatoms.